The topological polar surface area (TPSA) is 4.93 Å². The Balaban J connectivity index is 1.81. The van der Waals surface area contributed by atoms with Crippen molar-refractivity contribution in [2.45, 2.75) is 38.0 Å². The minimum absolute atomic E-state index is 0.844. The summed E-state index contributed by atoms with van der Waals surface area (Å²) in [5, 5.41) is 2.86. The number of aromatic nitrogens is 1. The molecule has 1 fully saturated rings. The molecule has 0 bridgehead atoms. The smallest absolute Gasteiger partial charge is 0.0491 e. The lowest BCUT2D eigenvalue weighted by atomic mass is 9.80. The van der Waals surface area contributed by atoms with Crippen LogP contribution in [0, 0.1) is 5.92 Å². The molecule has 2 aliphatic carbocycles. The zero-order valence-corrected chi connectivity index (χ0v) is 12.6. The van der Waals surface area contributed by atoms with Gasteiger partial charge in [0.15, 0.2) is 0 Å². The molecule has 3 aromatic rings. The van der Waals surface area contributed by atoms with Crippen molar-refractivity contribution in [2.75, 3.05) is 0 Å². The molecule has 1 unspecified atom stereocenters. The number of rotatable bonds is 0. The van der Waals surface area contributed by atoms with Gasteiger partial charge in [-0.15, -0.1) is 0 Å². The van der Waals surface area contributed by atoms with Crippen molar-refractivity contribution in [1.82, 2.24) is 4.57 Å². The maximum absolute atomic E-state index is 2.51. The van der Waals surface area contributed by atoms with Crippen LogP contribution in [0.15, 0.2) is 36.4 Å². The van der Waals surface area contributed by atoms with Crippen molar-refractivity contribution >= 4 is 21.8 Å². The predicted molar refractivity (Wildman–Crippen MR) is 88.8 cm³/mol. The minimum Gasteiger partial charge on any atom is -0.344 e. The number of benzene rings is 2. The van der Waals surface area contributed by atoms with E-state index in [0.717, 1.165) is 11.8 Å². The van der Waals surface area contributed by atoms with Crippen LogP contribution in [0.5, 0.6) is 0 Å². The van der Waals surface area contributed by atoms with E-state index >= 15 is 0 Å². The number of nitrogens with zero attached hydrogens (tertiary/aromatic N) is 1. The Labute approximate surface area is 125 Å². The third-order valence-corrected chi connectivity index (χ3v) is 5.97. The van der Waals surface area contributed by atoms with Crippen LogP contribution in [-0.2, 0) is 13.5 Å². The number of fused-ring (bicyclic) bond motifs is 6. The molecule has 1 nitrogen and oxygen atoms in total. The van der Waals surface area contributed by atoms with Gasteiger partial charge < -0.3 is 4.57 Å². The van der Waals surface area contributed by atoms with Gasteiger partial charge in [0.05, 0.1) is 0 Å². The highest BCUT2D eigenvalue weighted by atomic mass is 14.9. The predicted octanol–water partition coefficient (Wildman–Crippen LogP) is 5.16. The van der Waals surface area contributed by atoms with Crippen molar-refractivity contribution < 1.29 is 0 Å². The minimum atomic E-state index is 0.844. The molecule has 1 heterocycles. The van der Waals surface area contributed by atoms with E-state index in [9.17, 15) is 0 Å². The number of aryl methyl sites for hydroxylation is 1. The van der Waals surface area contributed by atoms with Crippen LogP contribution in [-0.4, -0.2) is 4.57 Å². The maximum Gasteiger partial charge on any atom is 0.0491 e. The van der Waals surface area contributed by atoms with E-state index in [0.29, 0.717) is 0 Å². The monoisotopic (exact) mass is 275 g/mol. The fraction of sp³-hybridized carbons (Fsp3) is 0.400. The Bertz CT molecular complexity index is 855. The summed E-state index contributed by atoms with van der Waals surface area (Å²) in [7, 11) is 2.21. The second-order valence-corrected chi connectivity index (χ2v) is 7.00. The SMILES string of the molecule is Cn1c2ccccc2c2cc3c(cc21)[C@H]1CCCCC1C3. The highest BCUT2D eigenvalue weighted by Crippen LogP contribution is 2.48. The van der Waals surface area contributed by atoms with E-state index in [-0.39, 0.29) is 0 Å². The Hall–Kier alpha value is -1.76. The molecule has 1 saturated carbocycles. The average molecular weight is 275 g/mol. The zero-order valence-electron chi connectivity index (χ0n) is 12.6. The van der Waals surface area contributed by atoms with Gasteiger partial charge in [-0.3, -0.25) is 0 Å². The largest absolute Gasteiger partial charge is 0.344 e. The maximum atomic E-state index is 2.51. The van der Waals surface area contributed by atoms with Crippen molar-refractivity contribution in [2.24, 2.45) is 13.0 Å². The summed E-state index contributed by atoms with van der Waals surface area (Å²) < 4.78 is 2.38. The van der Waals surface area contributed by atoms with Crippen LogP contribution in [0.1, 0.15) is 42.7 Å². The van der Waals surface area contributed by atoms with E-state index in [4.69, 9.17) is 0 Å². The summed E-state index contributed by atoms with van der Waals surface area (Å²) in [6.45, 7) is 0. The molecule has 2 aliphatic rings. The van der Waals surface area contributed by atoms with Gasteiger partial charge in [-0.25, -0.2) is 0 Å². The first-order valence-electron chi connectivity index (χ1n) is 8.33. The average Bonchev–Trinajstić information content (AvgIpc) is 3.02. The Morgan fingerprint density at radius 3 is 2.76 bits per heavy atom. The molecule has 2 atom stereocenters. The molecule has 0 spiro atoms. The second-order valence-electron chi connectivity index (χ2n) is 7.00. The summed E-state index contributed by atoms with van der Waals surface area (Å²) in [4.78, 5) is 0. The third-order valence-electron chi connectivity index (χ3n) is 5.97. The fourth-order valence-corrected chi connectivity index (χ4v) is 4.93. The molecule has 0 aliphatic heterocycles. The fourth-order valence-electron chi connectivity index (χ4n) is 4.93. The molecule has 2 aromatic carbocycles. The molecular formula is C20H21N. The van der Waals surface area contributed by atoms with Gasteiger partial charge in [0, 0.05) is 28.9 Å². The zero-order chi connectivity index (χ0) is 14.0. The molecule has 21 heavy (non-hydrogen) atoms. The summed E-state index contributed by atoms with van der Waals surface area (Å²) in [6.07, 6.45) is 7.04. The van der Waals surface area contributed by atoms with Crippen molar-refractivity contribution in [3.05, 3.63) is 47.5 Å². The first-order chi connectivity index (χ1) is 10.3. The first-order valence-corrected chi connectivity index (χ1v) is 8.33. The third kappa shape index (κ3) is 1.52. The van der Waals surface area contributed by atoms with Crippen LogP contribution >= 0.6 is 0 Å². The Morgan fingerprint density at radius 2 is 1.81 bits per heavy atom. The van der Waals surface area contributed by atoms with Crippen LogP contribution in [0.2, 0.25) is 0 Å². The van der Waals surface area contributed by atoms with E-state index < -0.39 is 0 Å². The van der Waals surface area contributed by atoms with Crippen molar-refractivity contribution in [1.29, 1.82) is 0 Å². The van der Waals surface area contributed by atoms with Gasteiger partial charge >= 0.3 is 0 Å². The lowest BCUT2D eigenvalue weighted by Crippen LogP contribution is -2.12. The number of hydrogen-bond donors (Lipinski definition) is 0. The first kappa shape index (κ1) is 11.9. The summed E-state index contributed by atoms with van der Waals surface area (Å²) >= 11 is 0. The second kappa shape index (κ2) is 4.13. The van der Waals surface area contributed by atoms with Crippen LogP contribution in [0.3, 0.4) is 0 Å². The quantitative estimate of drug-likeness (QED) is 0.534. The van der Waals surface area contributed by atoms with Crippen LogP contribution < -0.4 is 0 Å². The Kier molecular flexibility index (Phi) is 2.33. The molecule has 1 heteroatoms. The highest BCUT2D eigenvalue weighted by molar-refractivity contribution is 6.08. The molecule has 1 aromatic heterocycles. The van der Waals surface area contributed by atoms with Crippen LogP contribution in [0.4, 0.5) is 0 Å². The molecular weight excluding hydrogens is 254 g/mol. The van der Waals surface area contributed by atoms with Crippen LogP contribution in [0.25, 0.3) is 21.8 Å². The molecule has 0 saturated heterocycles. The molecule has 0 amide bonds. The van der Waals surface area contributed by atoms with Gasteiger partial charge in [-0.1, -0.05) is 31.0 Å². The summed E-state index contributed by atoms with van der Waals surface area (Å²) in [6, 6.07) is 13.8. The number of hydrogen-bond acceptors (Lipinski definition) is 0. The van der Waals surface area contributed by atoms with Gasteiger partial charge in [0.1, 0.15) is 0 Å². The lowest BCUT2D eigenvalue weighted by molar-refractivity contribution is 0.330. The standard InChI is InChI=1S/C20H21N/c1-21-19-9-5-4-8-16(19)18-11-14-10-13-6-2-3-7-15(13)17(14)12-20(18)21/h4-5,8-9,11-13,15H,2-3,6-7,10H2,1H3/t13?,15-/m0/s1. The molecule has 5 rings (SSSR count). The van der Waals surface area contributed by atoms with Gasteiger partial charge in [0.2, 0.25) is 0 Å². The Morgan fingerprint density at radius 1 is 0.952 bits per heavy atom. The summed E-state index contributed by atoms with van der Waals surface area (Å²) in [5.41, 5.74) is 6.08. The van der Waals surface area contributed by atoms with E-state index in [1.54, 1.807) is 11.1 Å². The van der Waals surface area contributed by atoms with Gasteiger partial charge in [0.25, 0.3) is 0 Å². The normalized spacial score (nSPS) is 24.4. The van der Waals surface area contributed by atoms with E-state index in [1.807, 2.05) is 0 Å². The molecule has 0 N–H and O–H groups in total. The van der Waals surface area contributed by atoms with E-state index in [1.165, 1.54) is 53.9 Å². The van der Waals surface area contributed by atoms with Crippen molar-refractivity contribution in [3.8, 4) is 0 Å². The van der Waals surface area contributed by atoms with E-state index in [2.05, 4.69) is 48.0 Å². The summed E-state index contributed by atoms with van der Waals surface area (Å²) in [5.74, 6) is 1.77. The lowest BCUT2D eigenvalue weighted by Gasteiger charge is -2.25. The molecule has 106 valence electrons. The van der Waals surface area contributed by atoms with Gasteiger partial charge in [-0.2, -0.15) is 0 Å². The molecule has 0 radical (unpaired) electrons. The highest BCUT2D eigenvalue weighted by Gasteiger charge is 2.34. The number of para-hydroxylation sites is 1. The van der Waals surface area contributed by atoms with Gasteiger partial charge in [-0.05, 0) is 60.4 Å². The van der Waals surface area contributed by atoms with Crippen molar-refractivity contribution in [3.63, 3.8) is 0 Å².